The molecule has 0 bridgehead atoms. The van der Waals surface area contributed by atoms with E-state index in [0.717, 1.165) is 37.6 Å². The summed E-state index contributed by atoms with van der Waals surface area (Å²) in [6.45, 7) is 7.03. The maximum atomic E-state index is 5.71. The van der Waals surface area contributed by atoms with Gasteiger partial charge in [-0.25, -0.2) is 9.97 Å². The summed E-state index contributed by atoms with van der Waals surface area (Å²) >= 11 is 5.71. The molecule has 0 radical (unpaired) electrons. The van der Waals surface area contributed by atoms with Crippen molar-refractivity contribution in [3.05, 3.63) is 107 Å². The Morgan fingerprint density at radius 1 is 0.791 bits per heavy atom. The summed E-state index contributed by atoms with van der Waals surface area (Å²) in [6, 6.07) is 28.9. The number of benzene rings is 3. The Bertz CT molecular complexity index is 1500. The Kier molecular flexibility index (Phi) is 9.81. The number of nitrogens with one attached hydrogen (secondary N) is 2. The van der Waals surface area contributed by atoms with E-state index in [1.807, 2.05) is 32.0 Å². The normalized spacial score (nSPS) is 14.0. The van der Waals surface area contributed by atoms with Crippen molar-refractivity contribution in [2.24, 2.45) is 4.99 Å². The first-order valence-electron chi connectivity index (χ1n) is 14.2. The van der Waals surface area contributed by atoms with Crippen molar-refractivity contribution in [2.75, 3.05) is 51.0 Å². The van der Waals surface area contributed by atoms with Gasteiger partial charge in [-0.2, -0.15) is 4.99 Å². The number of ether oxygens (including phenoxy) is 2. The summed E-state index contributed by atoms with van der Waals surface area (Å²) in [7, 11) is 3.22. The number of hydrogen-bond donors (Lipinski definition) is 2. The molecule has 0 saturated carbocycles. The lowest BCUT2D eigenvalue weighted by molar-refractivity contribution is 0.150. The maximum absolute atomic E-state index is 5.71. The van der Waals surface area contributed by atoms with Crippen LogP contribution in [0.5, 0.6) is 11.5 Å². The predicted molar refractivity (Wildman–Crippen MR) is 176 cm³/mol. The third-order valence-corrected chi connectivity index (χ3v) is 7.47. The molecule has 1 saturated heterocycles. The van der Waals surface area contributed by atoms with Gasteiger partial charge in [-0.1, -0.05) is 60.7 Å². The monoisotopic (exact) mass is 595 g/mol. The lowest BCUT2D eigenvalue weighted by atomic mass is 9.96. The van der Waals surface area contributed by atoms with Crippen molar-refractivity contribution in [3.63, 3.8) is 0 Å². The standard InChI is InChI=1S/C33H37N7O2S/c1-23-21-24(2)35-31(34-23)37-32(38-33(43)36-28-16-15-27(41-3)22-29(28)42-4)40-19-17-39(18-20-40)30(25-11-7-5-8-12-25)26-13-9-6-10-14-26/h5-16,21-22,30H,17-20H2,1-4H3,(H2,34,35,36,37,38,43). The van der Waals surface area contributed by atoms with Crippen LogP contribution < -0.4 is 20.1 Å². The number of anilines is 2. The second-order valence-corrected chi connectivity index (χ2v) is 10.7. The van der Waals surface area contributed by atoms with Crippen LogP contribution in [0, 0.1) is 13.8 Å². The first-order chi connectivity index (χ1) is 20.9. The van der Waals surface area contributed by atoms with Gasteiger partial charge in [-0.05, 0) is 55.4 Å². The lowest BCUT2D eigenvalue weighted by Gasteiger charge is -2.40. The van der Waals surface area contributed by atoms with Crippen LogP contribution in [0.15, 0.2) is 89.9 Å². The molecule has 4 aromatic rings. The molecular formula is C33H37N7O2S. The molecule has 0 aliphatic carbocycles. The zero-order valence-corrected chi connectivity index (χ0v) is 25.8. The molecule has 10 heteroatoms. The fourth-order valence-corrected chi connectivity index (χ4v) is 5.47. The van der Waals surface area contributed by atoms with E-state index in [9.17, 15) is 0 Å². The molecule has 5 rings (SSSR count). The molecule has 0 unspecified atom stereocenters. The zero-order valence-electron chi connectivity index (χ0n) is 24.9. The highest BCUT2D eigenvalue weighted by molar-refractivity contribution is 7.80. The van der Waals surface area contributed by atoms with Crippen molar-refractivity contribution in [1.82, 2.24) is 19.8 Å². The number of guanidine groups is 1. The summed E-state index contributed by atoms with van der Waals surface area (Å²) < 4.78 is 10.9. The number of aromatic nitrogens is 2. The van der Waals surface area contributed by atoms with Crippen LogP contribution in [-0.2, 0) is 0 Å². The Hall–Kier alpha value is -4.54. The minimum atomic E-state index is 0.158. The molecule has 1 aromatic heterocycles. The van der Waals surface area contributed by atoms with E-state index in [-0.39, 0.29) is 11.2 Å². The molecule has 43 heavy (non-hydrogen) atoms. The van der Waals surface area contributed by atoms with Gasteiger partial charge in [0.05, 0.1) is 25.9 Å². The number of piperazine rings is 1. The summed E-state index contributed by atoms with van der Waals surface area (Å²) in [4.78, 5) is 18.7. The van der Waals surface area contributed by atoms with Crippen LogP contribution in [0.1, 0.15) is 28.6 Å². The van der Waals surface area contributed by atoms with Crippen molar-refractivity contribution in [3.8, 4) is 11.5 Å². The predicted octanol–water partition coefficient (Wildman–Crippen LogP) is 5.68. The molecule has 9 nitrogen and oxygen atoms in total. The highest BCUT2D eigenvalue weighted by Crippen LogP contribution is 2.30. The highest BCUT2D eigenvalue weighted by Gasteiger charge is 2.28. The van der Waals surface area contributed by atoms with Gasteiger partial charge < -0.3 is 19.7 Å². The van der Waals surface area contributed by atoms with E-state index in [1.54, 1.807) is 20.3 Å². The fraction of sp³-hybridized carbons (Fsp3) is 0.273. The van der Waals surface area contributed by atoms with Gasteiger partial charge in [0.1, 0.15) is 11.5 Å². The van der Waals surface area contributed by atoms with E-state index < -0.39 is 0 Å². The van der Waals surface area contributed by atoms with E-state index in [4.69, 9.17) is 26.7 Å². The van der Waals surface area contributed by atoms with Gasteiger partial charge >= 0.3 is 0 Å². The minimum absolute atomic E-state index is 0.158. The Balaban J connectivity index is 1.39. The van der Waals surface area contributed by atoms with Gasteiger partial charge in [0.2, 0.25) is 17.0 Å². The van der Waals surface area contributed by atoms with Gasteiger partial charge in [0, 0.05) is 43.6 Å². The largest absolute Gasteiger partial charge is 0.497 e. The van der Waals surface area contributed by atoms with Crippen LogP contribution >= 0.6 is 12.2 Å². The van der Waals surface area contributed by atoms with Crippen molar-refractivity contribution >= 4 is 34.9 Å². The SMILES string of the molecule is COc1ccc(NC(=S)/N=C(/Nc2nc(C)cc(C)n2)N2CCN(C(c3ccccc3)c3ccccc3)CC2)c(OC)c1. The molecule has 2 N–H and O–H groups in total. The van der Waals surface area contributed by atoms with Crippen molar-refractivity contribution in [1.29, 1.82) is 0 Å². The quantitative estimate of drug-likeness (QED) is 0.159. The number of hydrogen-bond acceptors (Lipinski definition) is 6. The van der Waals surface area contributed by atoms with Crippen LogP contribution in [-0.4, -0.2) is 71.2 Å². The molecular weight excluding hydrogens is 558 g/mol. The number of thiocarbonyl (C=S) groups is 1. The maximum Gasteiger partial charge on any atom is 0.229 e. The molecule has 0 atom stereocenters. The number of methoxy groups -OCH3 is 2. The highest BCUT2D eigenvalue weighted by atomic mass is 32.1. The second kappa shape index (κ2) is 14.1. The number of nitrogens with zero attached hydrogens (tertiary/aromatic N) is 5. The number of aryl methyl sites for hydroxylation is 2. The summed E-state index contributed by atoms with van der Waals surface area (Å²) in [5.74, 6) is 2.36. The number of aliphatic imine (C=N–C) groups is 1. The van der Waals surface area contributed by atoms with Crippen LogP contribution in [0.25, 0.3) is 0 Å². The average molecular weight is 596 g/mol. The van der Waals surface area contributed by atoms with Gasteiger partial charge in [0.15, 0.2) is 0 Å². The van der Waals surface area contributed by atoms with Gasteiger partial charge in [0.25, 0.3) is 0 Å². The van der Waals surface area contributed by atoms with E-state index in [2.05, 4.69) is 91.1 Å². The van der Waals surface area contributed by atoms with E-state index in [0.29, 0.717) is 29.1 Å². The smallest absolute Gasteiger partial charge is 0.229 e. The van der Waals surface area contributed by atoms with Crippen molar-refractivity contribution in [2.45, 2.75) is 19.9 Å². The molecule has 222 valence electrons. The molecule has 1 aliphatic heterocycles. The van der Waals surface area contributed by atoms with Crippen LogP contribution in [0.4, 0.5) is 11.6 Å². The van der Waals surface area contributed by atoms with Gasteiger partial charge in [-0.3, -0.25) is 10.2 Å². The number of rotatable bonds is 7. The summed E-state index contributed by atoms with van der Waals surface area (Å²) in [5.41, 5.74) is 4.98. The second-order valence-electron chi connectivity index (χ2n) is 10.3. The third-order valence-electron chi connectivity index (χ3n) is 7.27. The summed E-state index contributed by atoms with van der Waals surface area (Å²) in [5, 5.41) is 6.85. The molecule has 3 aromatic carbocycles. The Labute approximate surface area is 258 Å². The Morgan fingerprint density at radius 2 is 1.40 bits per heavy atom. The summed E-state index contributed by atoms with van der Waals surface area (Å²) in [6.07, 6.45) is 0. The topological polar surface area (TPSA) is 87.1 Å². The molecule has 2 heterocycles. The van der Waals surface area contributed by atoms with Crippen LogP contribution in [0.3, 0.4) is 0 Å². The average Bonchev–Trinajstić information content (AvgIpc) is 3.02. The Morgan fingerprint density at radius 3 is 1.95 bits per heavy atom. The van der Waals surface area contributed by atoms with Gasteiger partial charge in [-0.15, -0.1) is 0 Å². The lowest BCUT2D eigenvalue weighted by Crippen LogP contribution is -2.52. The molecule has 1 aliphatic rings. The molecule has 0 spiro atoms. The first kappa shape index (κ1) is 29.9. The zero-order chi connectivity index (χ0) is 30.2. The van der Waals surface area contributed by atoms with Crippen molar-refractivity contribution < 1.29 is 9.47 Å². The first-order valence-corrected chi connectivity index (χ1v) is 14.6. The fourth-order valence-electron chi connectivity index (χ4n) is 5.28. The minimum Gasteiger partial charge on any atom is -0.497 e. The third kappa shape index (κ3) is 7.65. The van der Waals surface area contributed by atoms with Crippen LogP contribution in [0.2, 0.25) is 0 Å². The molecule has 0 amide bonds. The van der Waals surface area contributed by atoms with E-state index >= 15 is 0 Å². The van der Waals surface area contributed by atoms with E-state index in [1.165, 1.54) is 11.1 Å². The molecule has 1 fully saturated rings.